The molecule has 35 heavy (non-hydrogen) atoms. The minimum absolute atomic E-state index is 0.127. The van der Waals surface area contributed by atoms with Gasteiger partial charge in [-0.15, -0.1) is 0 Å². The van der Waals surface area contributed by atoms with E-state index in [2.05, 4.69) is 39.1 Å². The van der Waals surface area contributed by atoms with E-state index >= 15 is 0 Å². The van der Waals surface area contributed by atoms with Gasteiger partial charge in [0.2, 0.25) is 6.41 Å². The lowest BCUT2D eigenvalue weighted by atomic mass is 9.77. The van der Waals surface area contributed by atoms with Crippen LogP contribution >= 0.6 is 0 Å². The average Bonchev–Trinajstić information content (AvgIpc) is 2.86. The first-order valence-electron chi connectivity index (χ1n) is 11.5. The molecule has 0 aliphatic carbocycles. The Balaban J connectivity index is 1.56. The molecule has 1 aliphatic rings. The van der Waals surface area contributed by atoms with Crippen molar-refractivity contribution in [1.82, 2.24) is 19.8 Å². The number of likely N-dealkylation sites (tertiary alicyclic amines) is 1. The van der Waals surface area contributed by atoms with E-state index in [4.69, 9.17) is 10.5 Å². The quantitative estimate of drug-likeness (QED) is 0.417. The number of aliphatic imine (C=N–C) groups is 1. The highest BCUT2D eigenvalue weighted by Gasteiger charge is 2.29. The first-order valence-corrected chi connectivity index (χ1v) is 11.5. The average molecular weight is 480 g/mol. The summed E-state index contributed by atoms with van der Waals surface area (Å²) in [7, 11) is 3.76. The molecule has 0 aromatic carbocycles. The van der Waals surface area contributed by atoms with Crippen molar-refractivity contribution in [2.24, 2.45) is 16.1 Å². The lowest BCUT2D eigenvalue weighted by Crippen LogP contribution is -2.40. The van der Waals surface area contributed by atoms with Crippen LogP contribution in [0.2, 0.25) is 0 Å². The van der Waals surface area contributed by atoms with Gasteiger partial charge in [-0.05, 0) is 63.0 Å². The predicted octanol–water partition coefficient (Wildman–Crippen LogP) is 3.38. The number of piperidine rings is 1. The van der Waals surface area contributed by atoms with Crippen molar-refractivity contribution in [2.45, 2.75) is 26.2 Å². The van der Waals surface area contributed by atoms with Gasteiger partial charge < -0.3 is 15.4 Å². The monoisotopic (exact) mass is 479 g/mol. The van der Waals surface area contributed by atoms with Crippen molar-refractivity contribution in [1.29, 1.82) is 0 Å². The second kappa shape index (κ2) is 12.1. The second-order valence-corrected chi connectivity index (χ2v) is 8.96. The van der Waals surface area contributed by atoms with Crippen LogP contribution < -0.4 is 15.8 Å². The maximum atomic E-state index is 12.6. The minimum atomic E-state index is -0.504. The molecule has 186 valence electrons. The fourth-order valence-corrected chi connectivity index (χ4v) is 3.80. The van der Waals surface area contributed by atoms with Crippen LogP contribution in [0.15, 0.2) is 47.9 Å². The molecular formula is C25H33N7O3. The Bertz CT molecular complexity index is 1060. The van der Waals surface area contributed by atoms with Crippen LogP contribution in [0.1, 0.15) is 31.9 Å². The lowest BCUT2D eigenvalue weighted by molar-refractivity contribution is -0.115. The number of nitrogens with two attached hydrogens (primary N) is 1. The summed E-state index contributed by atoms with van der Waals surface area (Å²) in [6.07, 6.45) is 9.58. The number of ether oxygens (including phenoxy) is 1. The van der Waals surface area contributed by atoms with Crippen LogP contribution in [0.3, 0.4) is 0 Å². The number of imide groups is 1. The Hall–Kier alpha value is -3.79. The molecule has 0 unspecified atom stereocenters. The molecule has 3 amide bonds. The smallest absolute Gasteiger partial charge is 0.329 e. The summed E-state index contributed by atoms with van der Waals surface area (Å²) in [5, 5.41) is 2.67. The maximum absolute atomic E-state index is 12.6. The normalized spacial score (nSPS) is 16.1. The SMILES string of the molecule is CN=CC(=CN)c1cc(Oc2ccc(NC(=O)N(C=O)CCC3(C)CCN(C)CC3)nc2)ccn1. The fourth-order valence-electron chi connectivity index (χ4n) is 3.80. The molecule has 0 atom stereocenters. The third-order valence-corrected chi connectivity index (χ3v) is 6.22. The molecule has 10 nitrogen and oxygen atoms in total. The van der Waals surface area contributed by atoms with Crippen LogP contribution in [0.4, 0.5) is 10.6 Å². The number of amides is 3. The Labute approximate surface area is 205 Å². The van der Waals surface area contributed by atoms with Crippen molar-refractivity contribution in [3.8, 4) is 11.5 Å². The number of aromatic nitrogens is 2. The number of hydrogen-bond acceptors (Lipinski definition) is 8. The van der Waals surface area contributed by atoms with Gasteiger partial charge in [0.25, 0.3) is 0 Å². The molecular weight excluding hydrogens is 446 g/mol. The zero-order chi connectivity index (χ0) is 25.3. The minimum Gasteiger partial charge on any atom is -0.456 e. The molecule has 1 fully saturated rings. The maximum Gasteiger partial charge on any atom is 0.329 e. The van der Waals surface area contributed by atoms with Gasteiger partial charge in [-0.2, -0.15) is 0 Å². The summed E-state index contributed by atoms with van der Waals surface area (Å²) < 4.78 is 5.85. The highest BCUT2D eigenvalue weighted by molar-refractivity contribution is 6.08. The predicted molar refractivity (Wildman–Crippen MR) is 136 cm³/mol. The van der Waals surface area contributed by atoms with Gasteiger partial charge in [-0.25, -0.2) is 9.78 Å². The standard InChI is InChI=1S/C25H33N7O3/c1-25(7-11-31(3)12-8-25)9-13-32(18-33)24(34)30-23-5-4-21(17-29-23)35-20-6-10-28-22(14-20)19(15-26)16-27-2/h4-6,10,14-18H,7-9,11-13,26H2,1-3H3,(H,29,30,34). The zero-order valence-corrected chi connectivity index (χ0v) is 20.5. The van der Waals surface area contributed by atoms with Gasteiger partial charge in [0.1, 0.15) is 17.3 Å². The molecule has 3 N–H and O–H groups in total. The van der Waals surface area contributed by atoms with Gasteiger partial charge in [0, 0.05) is 43.8 Å². The van der Waals surface area contributed by atoms with Gasteiger partial charge in [-0.3, -0.25) is 25.0 Å². The number of nitrogens with zero attached hydrogens (tertiary/aromatic N) is 5. The fraction of sp³-hybridized carbons (Fsp3) is 0.400. The molecule has 3 rings (SSSR count). The van der Waals surface area contributed by atoms with E-state index in [-0.39, 0.29) is 5.41 Å². The van der Waals surface area contributed by atoms with Gasteiger partial charge in [0.15, 0.2) is 0 Å². The van der Waals surface area contributed by atoms with Crippen molar-refractivity contribution in [3.05, 3.63) is 48.6 Å². The summed E-state index contributed by atoms with van der Waals surface area (Å²) in [5.41, 5.74) is 7.06. The molecule has 2 aromatic heterocycles. The van der Waals surface area contributed by atoms with Crippen molar-refractivity contribution < 1.29 is 14.3 Å². The number of hydrogen-bond donors (Lipinski definition) is 2. The van der Waals surface area contributed by atoms with E-state index in [0.29, 0.717) is 41.5 Å². The molecule has 3 heterocycles. The van der Waals surface area contributed by atoms with Crippen molar-refractivity contribution in [2.75, 3.05) is 39.0 Å². The van der Waals surface area contributed by atoms with Crippen molar-refractivity contribution in [3.63, 3.8) is 0 Å². The van der Waals surface area contributed by atoms with Crippen LogP contribution in [0.25, 0.3) is 5.57 Å². The Morgan fingerprint density at radius 3 is 2.69 bits per heavy atom. The number of carbonyl (C=O) groups excluding carboxylic acids is 2. The molecule has 10 heteroatoms. The Morgan fingerprint density at radius 1 is 1.29 bits per heavy atom. The summed E-state index contributed by atoms with van der Waals surface area (Å²) in [6.45, 7) is 4.64. The van der Waals surface area contributed by atoms with E-state index in [1.54, 1.807) is 43.7 Å². The third-order valence-electron chi connectivity index (χ3n) is 6.22. The van der Waals surface area contributed by atoms with E-state index in [1.165, 1.54) is 12.4 Å². The molecule has 0 radical (unpaired) electrons. The van der Waals surface area contributed by atoms with Gasteiger partial charge >= 0.3 is 6.03 Å². The molecule has 0 bridgehead atoms. The first-order chi connectivity index (χ1) is 16.9. The van der Waals surface area contributed by atoms with Crippen molar-refractivity contribution >= 4 is 30.0 Å². The number of allylic oxidation sites excluding steroid dienone is 1. The molecule has 1 aliphatic heterocycles. The topological polar surface area (TPSA) is 126 Å². The van der Waals surface area contributed by atoms with Crippen LogP contribution in [-0.4, -0.2) is 72.2 Å². The second-order valence-electron chi connectivity index (χ2n) is 8.96. The van der Waals surface area contributed by atoms with Crippen LogP contribution in [0, 0.1) is 5.41 Å². The Morgan fingerprint density at radius 2 is 2.06 bits per heavy atom. The number of rotatable bonds is 9. The summed E-state index contributed by atoms with van der Waals surface area (Å²) in [6, 6.07) is 6.24. The summed E-state index contributed by atoms with van der Waals surface area (Å²) in [4.78, 5) is 40.1. The van der Waals surface area contributed by atoms with E-state index in [0.717, 1.165) is 37.3 Å². The van der Waals surface area contributed by atoms with Gasteiger partial charge in [-0.1, -0.05) is 6.92 Å². The third kappa shape index (κ3) is 7.35. The molecule has 1 saturated heterocycles. The summed E-state index contributed by atoms with van der Waals surface area (Å²) in [5.74, 6) is 1.35. The largest absolute Gasteiger partial charge is 0.456 e. The molecule has 0 spiro atoms. The number of urea groups is 1. The number of nitrogens with one attached hydrogen (secondary N) is 1. The lowest BCUT2D eigenvalue weighted by Gasteiger charge is -2.38. The summed E-state index contributed by atoms with van der Waals surface area (Å²) >= 11 is 0. The van der Waals surface area contributed by atoms with Crippen LogP contribution in [0.5, 0.6) is 11.5 Å². The van der Waals surface area contributed by atoms with E-state index in [1.807, 2.05) is 0 Å². The number of anilines is 1. The zero-order valence-electron chi connectivity index (χ0n) is 20.5. The molecule has 2 aromatic rings. The van der Waals surface area contributed by atoms with Crippen LogP contribution in [-0.2, 0) is 4.79 Å². The van der Waals surface area contributed by atoms with Gasteiger partial charge in [0.05, 0.1) is 11.9 Å². The number of carbonyl (C=O) groups is 2. The molecule has 0 saturated carbocycles. The number of pyridine rings is 2. The van der Waals surface area contributed by atoms with E-state index in [9.17, 15) is 9.59 Å². The first kappa shape index (κ1) is 25.8. The highest BCUT2D eigenvalue weighted by Crippen LogP contribution is 2.34. The van der Waals surface area contributed by atoms with E-state index < -0.39 is 6.03 Å². The Kier molecular flexibility index (Phi) is 8.91. The highest BCUT2D eigenvalue weighted by atomic mass is 16.5.